The first-order chi connectivity index (χ1) is 12.5. The van der Waals surface area contributed by atoms with Gasteiger partial charge in [0.15, 0.2) is 9.84 Å². The lowest BCUT2D eigenvalue weighted by Gasteiger charge is -2.35. The molecule has 1 fully saturated rings. The number of aromatic nitrogens is 1. The molecule has 0 unspecified atom stereocenters. The van der Waals surface area contributed by atoms with Crippen LogP contribution in [-0.2, 0) is 9.84 Å². The van der Waals surface area contributed by atoms with Crippen molar-refractivity contribution in [1.29, 1.82) is 5.26 Å². The number of nitrogens with zero attached hydrogens (tertiary/aromatic N) is 4. The topological polar surface area (TPSA) is 77.3 Å². The largest absolute Gasteiger partial charge is 0.354 e. The Morgan fingerprint density at radius 1 is 1.08 bits per heavy atom. The summed E-state index contributed by atoms with van der Waals surface area (Å²) in [6.07, 6.45) is 0. The van der Waals surface area contributed by atoms with Gasteiger partial charge in [-0.2, -0.15) is 5.26 Å². The van der Waals surface area contributed by atoms with Crippen molar-refractivity contribution < 1.29 is 8.42 Å². The monoisotopic (exact) mass is 434 g/mol. The normalized spacial score (nSPS) is 15.6. The highest BCUT2D eigenvalue weighted by Crippen LogP contribution is 2.17. The molecule has 0 aliphatic carbocycles. The first kappa shape index (κ1) is 18.8. The van der Waals surface area contributed by atoms with Gasteiger partial charge in [0.05, 0.1) is 10.6 Å². The van der Waals surface area contributed by atoms with E-state index >= 15 is 0 Å². The summed E-state index contributed by atoms with van der Waals surface area (Å²) in [7, 11) is -3.28. The van der Waals surface area contributed by atoms with Gasteiger partial charge in [0.25, 0.3) is 0 Å². The highest BCUT2D eigenvalue weighted by Gasteiger charge is 2.21. The summed E-state index contributed by atoms with van der Waals surface area (Å²) in [6.45, 7) is 3.58. The Balaban J connectivity index is 1.54. The molecular formula is C18H19BrN4O2S. The van der Waals surface area contributed by atoms with Crippen LogP contribution in [0.4, 0.5) is 5.82 Å². The predicted molar refractivity (Wildman–Crippen MR) is 104 cm³/mol. The van der Waals surface area contributed by atoms with Gasteiger partial charge in [0.2, 0.25) is 0 Å². The fourth-order valence-electron chi connectivity index (χ4n) is 2.87. The molecule has 26 heavy (non-hydrogen) atoms. The number of pyridine rings is 1. The number of hydrogen-bond acceptors (Lipinski definition) is 6. The maximum atomic E-state index is 12.4. The second-order valence-corrected chi connectivity index (χ2v) is 9.12. The second-order valence-electron chi connectivity index (χ2n) is 6.09. The predicted octanol–water partition coefficient (Wildman–Crippen LogP) is 2.31. The number of nitriles is 1. The van der Waals surface area contributed by atoms with E-state index in [2.05, 4.69) is 36.8 Å². The zero-order valence-corrected chi connectivity index (χ0v) is 16.6. The van der Waals surface area contributed by atoms with Gasteiger partial charge in [-0.05, 0) is 36.4 Å². The molecule has 136 valence electrons. The summed E-state index contributed by atoms with van der Waals surface area (Å²) in [4.78, 5) is 8.96. The minimum absolute atomic E-state index is 0.108. The number of anilines is 1. The van der Waals surface area contributed by atoms with E-state index in [4.69, 9.17) is 5.26 Å². The molecule has 1 aromatic heterocycles. The SMILES string of the molecule is N#Cc1cccc(N2CCN(CCS(=O)(=O)c3ccc(Br)cc3)CC2)n1. The average molecular weight is 435 g/mol. The smallest absolute Gasteiger partial charge is 0.179 e. The fourth-order valence-corrected chi connectivity index (χ4v) is 4.42. The van der Waals surface area contributed by atoms with Gasteiger partial charge in [-0.25, -0.2) is 13.4 Å². The lowest BCUT2D eigenvalue weighted by Crippen LogP contribution is -2.47. The third kappa shape index (κ3) is 4.61. The van der Waals surface area contributed by atoms with Crippen molar-refractivity contribution in [2.45, 2.75) is 4.90 Å². The molecule has 1 aromatic carbocycles. The van der Waals surface area contributed by atoms with E-state index in [9.17, 15) is 8.42 Å². The summed E-state index contributed by atoms with van der Waals surface area (Å²) in [5.41, 5.74) is 0.408. The van der Waals surface area contributed by atoms with Crippen LogP contribution in [0, 0.1) is 11.3 Å². The number of sulfone groups is 1. The maximum absolute atomic E-state index is 12.4. The zero-order valence-electron chi connectivity index (χ0n) is 14.2. The van der Waals surface area contributed by atoms with Crippen LogP contribution in [0.5, 0.6) is 0 Å². The summed E-state index contributed by atoms with van der Waals surface area (Å²) >= 11 is 3.32. The molecule has 0 bridgehead atoms. The number of rotatable bonds is 5. The molecule has 0 spiro atoms. The van der Waals surface area contributed by atoms with Gasteiger partial charge >= 0.3 is 0 Å². The van der Waals surface area contributed by atoms with Crippen molar-refractivity contribution in [1.82, 2.24) is 9.88 Å². The third-order valence-electron chi connectivity index (χ3n) is 4.39. The van der Waals surface area contributed by atoms with Gasteiger partial charge in [0.1, 0.15) is 17.6 Å². The van der Waals surface area contributed by atoms with E-state index in [-0.39, 0.29) is 5.75 Å². The van der Waals surface area contributed by atoms with E-state index in [1.165, 1.54) is 0 Å². The van der Waals surface area contributed by atoms with Crippen LogP contribution in [0.1, 0.15) is 5.69 Å². The summed E-state index contributed by atoms with van der Waals surface area (Å²) in [5.74, 6) is 0.905. The highest BCUT2D eigenvalue weighted by molar-refractivity contribution is 9.10. The molecule has 3 rings (SSSR count). The molecule has 1 aliphatic heterocycles. The molecule has 0 saturated carbocycles. The van der Waals surface area contributed by atoms with Crippen molar-refractivity contribution in [3.63, 3.8) is 0 Å². The van der Waals surface area contributed by atoms with E-state index < -0.39 is 9.84 Å². The molecule has 0 N–H and O–H groups in total. The van der Waals surface area contributed by atoms with Gasteiger partial charge < -0.3 is 4.90 Å². The van der Waals surface area contributed by atoms with Crippen molar-refractivity contribution >= 4 is 31.6 Å². The van der Waals surface area contributed by atoms with E-state index in [1.807, 2.05) is 12.1 Å². The third-order valence-corrected chi connectivity index (χ3v) is 6.63. The van der Waals surface area contributed by atoms with Crippen molar-refractivity contribution in [3.05, 3.63) is 52.6 Å². The summed E-state index contributed by atoms with van der Waals surface area (Å²) < 4.78 is 25.8. The van der Waals surface area contributed by atoms with Crippen LogP contribution in [0.3, 0.4) is 0 Å². The van der Waals surface area contributed by atoms with Crippen molar-refractivity contribution in [3.8, 4) is 6.07 Å². The van der Waals surface area contributed by atoms with Crippen LogP contribution in [0.15, 0.2) is 51.8 Å². The molecule has 6 nitrogen and oxygen atoms in total. The van der Waals surface area contributed by atoms with Crippen LogP contribution >= 0.6 is 15.9 Å². The molecular weight excluding hydrogens is 416 g/mol. The molecule has 2 heterocycles. The number of halogens is 1. The lowest BCUT2D eigenvalue weighted by molar-refractivity contribution is 0.271. The average Bonchev–Trinajstić information content (AvgIpc) is 2.67. The molecule has 8 heteroatoms. The summed E-state index contributed by atoms with van der Waals surface area (Å²) in [6, 6.07) is 14.2. The van der Waals surface area contributed by atoms with Crippen molar-refractivity contribution in [2.75, 3.05) is 43.4 Å². The summed E-state index contributed by atoms with van der Waals surface area (Å²) in [5, 5.41) is 8.96. The standard InChI is InChI=1S/C18H19BrN4O2S/c19-15-4-6-17(7-5-15)26(24,25)13-12-22-8-10-23(11-9-22)18-3-1-2-16(14-20)21-18/h1-7H,8-13H2. The van der Waals surface area contributed by atoms with Gasteiger partial charge in [0, 0.05) is 37.2 Å². The minimum Gasteiger partial charge on any atom is -0.354 e. The molecule has 1 aliphatic rings. The lowest BCUT2D eigenvalue weighted by atomic mass is 10.3. The zero-order chi connectivity index (χ0) is 18.6. The molecule has 0 radical (unpaired) electrons. The van der Waals surface area contributed by atoms with Crippen LogP contribution in [0.2, 0.25) is 0 Å². The first-order valence-electron chi connectivity index (χ1n) is 8.31. The Morgan fingerprint density at radius 3 is 2.42 bits per heavy atom. The quantitative estimate of drug-likeness (QED) is 0.718. The molecule has 2 aromatic rings. The number of hydrogen-bond donors (Lipinski definition) is 0. The van der Waals surface area contributed by atoms with Crippen molar-refractivity contribution in [2.24, 2.45) is 0 Å². The van der Waals surface area contributed by atoms with Gasteiger partial charge in [-0.3, -0.25) is 4.90 Å². The first-order valence-corrected chi connectivity index (χ1v) is 10.8. The van der Waals surface area contributed by atoms with E-state index in [0.29, 0.717) is 17.1 Å². The maximum Gasteiger partial charge on any atom is 0.179 e. The Kier molecular flexibility index (Phi) is 5.91. The van der Waals surface area contributed by atoms with Crippen LogP contribution in [-0.4, -0.2) is 56.8 Å². The Morgan fingerprint density at radius 2 is 1.77 bits per heavy atom. The Labute approximate surface area is 162 Å². The van der Waals surface area contributed by atoms with Gasteiger partial charge in [-0.1, -0.05) is 22.0 Å². The number of benzene rings is 1. The molecule has 1 saturated heterocycles. The fraction of sp³-hybridized carbons (Fsp3) is 0.333. The Bertz CT molecular complexity index is 902. The van der Waals surface area contributed by atoms with Crippen LogP contribution in [0.25, 0.3) is 0 Å². The van der Waals surface area contributed by atoms with Gasteiger partial charge in [-0.15, -0.1) is 0 Å². The minimum atomic E-state index is -3.28. The Hall–Kier alpha value is -1.95. The van der Waals surface area contributed by atoms with Crippen LogP contribution < -0.4 is 4.90 Å². The van der Waals surface area contributed by atoms with E-state index in [1.54, 1.807) is 30.3 Å². The number of piperazine rings is 1. The second kappa shape index (κ2) is 8.16. The molecule has 0 atom stereocenters. The molecule has 0 amide bonds. The highest BCUT2D eigenvalue weighted by atomic mass is 79.9. The van der Waals surface area contributed by atoms with E-state index in [0.717, 1.165) is 36.5 Å².